The van der Waals surface area contributed by atoms with Crippen molar-refractivity contribution in [1.82, 2.24) is 14.5 Å². The van der Waals surface area contributed by atoms with Gasteiger partial charge in [-0.15, -0.1) is 0 Å². The zero-order chi connectivity index (χ0) is 22.4. The number of aliphatic carboxylic acids is 2. The molecule has 0 atom stereocenters. The van der Waals surface area contributed by atoms with Crippen LogP contribution in [0, 0.1) is 17.6 Å². The predicted octanol–water partition coefficient (Wildman–Crippen LogP) is 3.38. The van der Waals surface area contributed by atoms with E-state index in [0.717, 1.165) is 38.0 Å². The van der Waals surface area contributed by atoms with Crippen molar-refractivity contribution in [2.45, 2.75) is 25.9 Å². The second-order valence-electron chi connectivity index (χ2n) is 7.45. The van der Waals surface area contributed by atoms with Gasteiger partial charge in [-0.3, -0.25) is 4.90 Å². The molecule has 164 valence electrons. The molecule has 1 aliphatic rings. The Morgan fingerprint density at radius 2 is 1.71 bits per heavy atom. The Morgan fingerprint density at radius 3 is 2.39 bits per heavy atom. The van der Waals surface area contributed by atoms with Crippen molar-refractivity contribution in [1.29, 1.82) is 0 Å². The lowest BCUT2D eigenvalue weighted by atomic mass is 9.96. The maximum Gasteiger partial charge on any atom is 0.414 e. The van der Waals surface area contributed by atoms with E-state index >= 15 is 0 Å². The second-order valence-corrected chi connectivity index (χ2v) is 7.45. The first kappa shape index (κ1) is 22.4. The summed E-state index contributed by atoms with van der Waals surface area (Å²) in [6.07, 6.45) is 4.03. The molecule has 0 bridgehead atoms. The third kappa shape index (κ3) is 6.08. The summed E-state index contributed by atoms with van der Waals surface area (Å²) in [5, 5.41) is 14.8. The molecule has 3 aromatic rings. The Labute approximate surface area is 177 Å². The Bertz CT molecular complexity index is 1050. The van der Waals surface area contributed by atoms with E-state index < -0.39 is 11.9 Å². The number of hydrogen-bond acceptors (Lipinski definition) is 4. The van der Waals surface area contributed by atoms with Crippen LogP contribution in [-0.4, -0.2) is 49.7 Å². The van der Waals surface area contributed by atoms with E-state index in [4.69, 9.17) is 19.8 Å². The molecule has 1 fully saturated rings. The van der Waals surface area contributed by atoms with Crippen LogP contribution in [0.5, 0.6) is 0 Å². The summed E-state index contributed by atoms with van der Waals surface area (Å²) in [6.45, 7) is 3.26. The number of aromatic nitrogens is 2. The van der Waals surface area contributed by atoms with Gasteiger partial charge in [0, 0.05) is 18.7 Å². The third-order valence-corrected chi connectivity index (χ3v) is 5.27. The van der Waals surface area contributed by atoms with E-state index in [1.54, 1.807) is 0 Å². The number of carboxylic acids is 2. The van der Waals surface area contributed by atoms with Gasteiger partial charge in [0.05, 0.1) is 17.4 Å². The molecule has 0 spiro atoms. The fourth-order valence-corrected chi connectivity index (χ4v) is 3.67. The topological polar surface area (TPSA) is 95.7 Å². The summed E-state index contributed by atoms with van der Waals surface area (Å²) >= 11 is 0. The molecular formula is C22H23F2N3O4. The summed E-state index contributed by atoms with van der Waals surface area (Å²) in [4.78, 5) is 24.9. The summed E-state index contributed by atoms with van der Waals surface area (Å²) < 4.78 is 29.3. The van der Waals surface area contributed by atoms with Crippen LogP contribution in [-0.2, 0) is 22.7 Å². The van der Waals surface area contributed by atoms with Crippen molar-refractivity contribution in [2.75, 3.05) is 13.1 Å². The lowest BCUT2D eigenvalue weighted by Gasteiger charge is -2.32. The number of halogens is 2. The van der Waals surface area contributed by atoms with Crippen LogP contribution in [0.2, 0.25) is 0 Å². The molecule has 2 heterocycles. The standard InChI is InChI=1S/C20H21F2N3.C2H2O4/c21-17-5-6-18(22)16(11-17)13-24-9-7-15(8-10-24)12-25-14-23-19-3-1-2-4-20(19)25;3-1(4)2(5)6/h1-6,11,14-15H,7-10,12-13H2;(H,3,4)(H,5,6). The number of fused-ring (bicyclic) bond motifs is 1. The number of para-hydroxylation sites is 2. The number of carbonyl (C=O) groups is 2. The molecule has 1 saturated heterocycles. The maximum absolute atomic E-state index is 13.8. The zero-order valence-electron chi connectivity index (χ0n) is 16.7. The molecule has 31 heavy (non-hydrogen) atoms. The highest BCUT2D eigenvalue weighted by Crippen LogP contribution is 2.23. The number of piperidine rings is 1. The Balaban J connectivity index is 0.000000401. The Morgan fingerprint density at radius 1 is 1.03 bits per heavy atom. The smallest absolute Gasteiger partial charge is 0.414 e. The average molecular weight is 431 g/mol. The van der Waals surface area contributed by atoms with Gasteiger partial charge in [-0.25, -0.2) is 23.4 Å². The number of nitrogens with zero attached hydrogens (tertiary/aromatic N) is 3. The minimum absolute atomic E-state index is 0.326. The highest BCUT2D eigenvalue weighted by atomic mass is 19.1. The van der Waals surface area contributed by atoms with Crippen LogP contribution in [0.1, 0.15) is 18.4 Å². The molecule has 0 radical (unpaired) electrons. The number of carboxylic acid groups (broad SMARTS) is 2. The van der Waals surface area contributed by atoms with Crippen LogP contribution >= 0.6 is 0 Å². The van der Waals surface area contributed by atoms with Crippen molar-refractivity contribution in [3.63, 3.8) is 0 Å². The molecule has 1 aromatic heterocycles. The molecule has 0 unspecified atom stereocenters. The molecule has 1 aliphatic heterocycles. The van der Waals surface area contributed by atoms with Crippen LogP contribution < -0.4 is 0 Å². The number of likely N-dealkylation sites (tertiary alicyclic amines) is 1. The lowest BCUT2D eigenvalue weighted by Crippen LogP contribution is -2.34. The Hall–Kier alpha value is -3.33. The van der Waals surface area contributed by atoms with Crippen molar-refractivity contribution in [2.24, 2.45) is 5.92 Å². The van der Waals surface area contributed by atoms with Gasteiger partial charge >= 0.3 is 11.9 Å². The van der Waals surface area contributed by atoms with Crippen molar-refractivity contribution in [3.8, 4) is 0 Å². The zero-order valence-corrected chi connectivity index (χ0v) is 16.7. The predicted molar refractivity (Wildman–Crippen MR) is 109 cm³/mol. The summed E-state index contributed by atoms with van der Waals surface area (Å²) in [7, 11) is 0. The summed E-state index contributed by atoms with van der Waals surface area (Å²) in [6, 6.07) is 11.9. The van der Waals surface area contributed by atoms with E-state index in [-0.39, 0.29) is 11.6 Å². The first-order valence-electron chi connectivity index (χ1n) is 9.86. The fraction of sp³-hybridized carbons (Fsp3) is 0.318. The molecule has 0 amide bonds. The molecule has 2 aromatic carbocycles. The highest BCUT2D eigenvalue weighted by molar-refractivity contribution is 6.27. The monoisotopic (exact) mass is 431 g/mol. The maximum atomic E-state index is 13.8. The van der Waals surface area contributed by atoms with Gasteiger partial charge in [0.25, 0.3) is 0 Å². The van der Waals surface area contributed by atoms with Crippen LogP contribution in [0.3, 0.4) is 0 Å². The highest BCUT2D eigenvalue weighted by Gasteiger charge is 2.21. The summed E-state index contributed by atoms with van der Waals surface area (Å²) in [5.41, 5.74) is 2.65. The minimum Gasteiger partial charge on any atom is -0.473 e. The van der Waals surface area contributed by atoms with E-state index in [1.165, 1.54) is 23.7 Å². The molecular weight excluding hydrogens is 408 g/mol. The lowest BCUT2D eigenvalue weighted by molar-refractivity contribution is -0.159. The molecule has 0 aliphatic carbocycles. The molecule has 0 saturated carbocycles. The van der Waals surface area contributed by atoms with Crippen LogP contribution in [0.15, 0.2) is 48.8 Å². The van der Waals surface area contributed by atoms with Crippen molar-refractivity contribution < 1.29 is 28.6 Å². The van der Waals surface area contributed by atoms with Gasteiger partial charge in [-0.2, -0.15) is 0 Å². The molecule has 2 N–H and O–H groups in total. The minimum atomic E-state index is -1.82. The van der Waals surface area contributed by atoms with Gasteiger partial charge in [0.1, 0.15) is 11.6 Å². The molecule has 7 nitrogen and oxygen atoms in total. The van der Waals surface area contributed by atoms with Gasteiger partial charge < -0.3 is 14.8 Å². The fourth-order valence-electron chi connectivity index (χ4n) is 3.67. The Kier molecular flexibility index (Phi) is 7.30. The number of benzene rings is 2. The normalized spacial score (nSPS) is 14.8. The van der Waals surface area contributed by atoms with Gasteiger partial charge in [0.2, 0.25) is 0 Å². The largest absolute Gasteiger partial charge is 0.473 e. The van der Waals surface area contributed by atoms with Crippen molar-refractivity contribution >= 4 is 23.0 Å². The first-order valence-corrected chi connectivity index (χ1v) is 9.86. The average Bonchev–Trinajstić information content (AvgIpc) is 3.15. The second kappa shape index (κ2) is 10.1. The number of rotatable bonds is 4. The van der Waals surface area contributed by atoms with E-state index in [9.17, 15) is 8.78 Å². The van der Waals surface area contributed by atoms with E-state index in [1.807, 2.05) is 24.5 Å². The number of hydrogen-bond donors (Lipinski definition) is 2. The van der Waals surface area contributed by atoms with Crippen LogP contribution in [0.4, 0.5) is 8.78 Å². The quantitative estimate of drug-likeness (QED) is 0.615. The van der Waals surface area contributed by atoms with Crippen molar-refractivity contribution in [3.05, 3.63) is 66.0 Å². The molecule has 4 rings (SSSR count). The van der Waals surface area contributed by atoms with Gasteiger partial charge in [-0.05, 0) is 62.2 Å². The van der Waals surface area contributed by atoms with Crippen LogP contribution in [0.25, 0.3) is 11.0 Å². The SMILES string of the molecule is Fc1ccc(F)c(CN2CCC(Cn3cnc4ccccc43)CC2)c1.O=C(O)C(=O)O. The van der Waals surface area contributed by atoms with Gasteiger partial charge in [-0.1, -0.05) is 12.1 Å². The molecule has 9 heteroatoms. The van der Waals surface area contributed by atoms with E-state index in [2.05, 4.69) is 20.5 Å². The first-order chi connectivity index (χ1) is 14.8. The summed E-state index contributed by atoms with van der Waals surface area (Å²) in [5.74, 6) is -3.76. The number of imidazole rings is 1. The van der Waals surface area contributed by atoms with Gasteiger partial charge in [0.15, 0.2) is 0 Å². The van der Waals surface area contributed by atoms with E-state index in [0.29, 0.717) is 18.0 Å². The third-order valence-electron chi connectivity index (χ3n) is 5.27.